The Morgan fingerprint density at radius 3 is 2.45 bits per heavy atom. The van der Waals surface area contributed by atoms with E-state index in [-0.39, 0.29) is 15.3 Å². The van der Waals surface area contributed by atoms with Crippen LogP contribution in [0.2, 0.25) is 0 Å². The number of carboxylic acid groups (broad SMARTS) is 1. The smallest absolute Gasteiger partial charge is 0.371 e. The third kappa shape index (κ3) is 2.19. The number of halogens is 1. The molecular weight excluding hydrogens is 350 g/mol. The van der Waals surface area contributed by atoms with Crippen LogP contribution in [0.5, 0.6) is 0 Å². The Morgan fingerprint density at radius 2 is 1.95 bits per heavy atom. The van der Waals surface area contributed by atoms with Gasteiger partial charge in [-0.25, -0.2) is 13.2 Å². The predicted octanol–water partition coefficient (Wildman–Crippen LogP) is 2.16. The van der Waals surface area contributed by atoms with Crippen LogP contribution >= 0.6 is 15.9 Å². The van der Waals surface area contributed by atoms with E-state index in [0.717, 1.165) is 18.9 Å². The van der Waals surface area contributed by atoms with Crippen molar-refractivity contribution >= 4 is 31.9 Å². The highest BCUT2D eigenvalue weighted by molar-refractivity contribution is 9.10. The van der Waals surface area contributed by atoms with Crippen LogP contribution in [0.1, 0.15) is 29.8 Å². The molecule has 6 nitrogen and oxygen atoms in total. The number of furan rings is 1. The maximum atomic E-state index is 12.6. The quantitative estimate of drug-likeness (QED) is 0.888. The molecule has 2 heterocycles. The first-order chi connectivity index (χ1) is 9.39. The molecule has 0 spiro atoms. The highest BCUT2D eigenvalue weighted by atomic mass is 79.9. The maximum absolute atomic E-state index is 12.6. The van der Waals surface area contributed by atoms with Crippen molar-refractivity contribution in [3.8, 4) is 0 Å². The standard InChI is InChI=1S/C12H14BrNO5S/c13-11-10(4-9(19-11)12(15)16)20(17,18)14-5-7-2-1-3-8(7)6-14/h4,7-8H,1-3,5-6H2,(H,15,16)/t7-,8-/m1/s1. The van der Waals surface area contributed by atoms with Gasteiger partial charge in [0, 0.05) is 19.2 Å². The monoisotopic (exact) mass is 363 g/mol. The van der Waals surface area contributed by atoms with Gasteiger partial charge in [0.15, 0.2) is 4.67 Å². The van der Waals surface area contributed by atoms with Crippen LogP contribution < -0.4 is 0 Å². The largest absolute Gasteiger partial charge is 0.475 e. The molecule has 0 aromatic carbocycles. The van der Waals surface area contributed by atoms with Crippen molar-refractivity contribution in [3.05, 3.63) is 16.5 Å². The van der Waals surface area contributed by atoms with Gasteiger partial charge in [0.2, 0.25) is 15.8 Å². The number of rotatable bonds is 3. The predicted molar refractivity (Wildman–Crippen MR) is 73.0 cm³/mol. The molecular formula is C12H14BrNO5S. The summed E-state index contributed by atoms with van der Waals surface area (Å²) in [5.41, 5.74) is 0. The van der Waals surface area contributed by atoms with Crippen LogP contribution in [0.15, 0.2) is 20.0 Å². The van der Waals surface area contributed by atoms with Gasteiger partial charge in [-0.1, -0.05) is 6.42 Å². The topological polar surface area (TPSA) is 87.8 Å². The molecule has 1 aliphatic carbocycles. The fraction of sp³-hybridized carbons (Fsp3) is 0.583. The first kappa shape index (κ1) is 14.1. The van der Waals surface area contributed by atoms with Gasteiger partial charge in [0.05, 0.1) is 0 Å². The fourth-order valence-electron chi connectivity index (χ4n) is 3.16. The van der Waals surface area contributed by atoms with Crippen molar-refractivity contribution in [3.63, 3.8) is 0 Å². The summed E-state index contributed by atoms with van der Waals surface area (Å²) in [4.78, 5) is 10.7. The zero-order valence-electron chi connectivity index (χ0n) is 10.6. The van der Waals surface area contributed by atoms with E-state index in [0.29, 0.717) is 24.9 Å². The van der Waals surface area contributed by atoms with Crippen LogP contribution in [0.4, 0.5) is 0 Å². The summed E-state index contributed by atoms with van der Waals surface area (Å²) < 4.78 is 31.5. The molecule has 1 N–H and O–H groups in total. The van der Waals surface area contributed by atoms with Crippen molar-refractivity contribution in [2.45, 2.75) is 24.2 Å². The van der Waals surface area contributed by atoms with E-state index < -0.39 is 16.0 Å². The second kappa shape index (κ2) is 4.85. The lowest BCUT2D eigenvalue weighted by atomic mass is 10.0. The van der Waals surface area contributed by atoms with Gasteiger partial charge >= 0.3 is 5.97 Å². The van der Waals surface area contributed by atoms with Crippen molar-refractivity contribution in [1.82, 2.24) is 4.31 Å². The van der Waals surface area contributed by atoms with E-state index in [9.17, 15) is 13.2 Å². The van der Waals surface area contributed by atoms with Crippen LogP contribution in [0.3, 0.4) is 0 Å². The molecule has 0 unspecified atom stereocenters. The van der Waals surface area contributed by atoms with Crippen molar-refractivity contribution in [2.24, 2.45) is 11.8 Å². The molecule has 0 bridgehead atoms. The van der Waals surface area contributed by atoms with Crippen molar-refractivity contribution < 1.29 is 22.7 Å². The Bertz CT molecular complexity index is 641. The Morgan fingerprint density at radius 1 is 1.35 bits per heavy atom. The lowest BCUT2D eigenvalue weighted by Crippen LogP contribution is -2.29. The number of sulfonamides is 1. The number of carbonyl (C=O) groups is 1. The molecule has 3 rings (SSSR count). The molecule has 20 heavy (non-hydrogen) atoms. The Hall–Kier alpha value is -0.860. The highest BCUT2D eigenvalue weighted by Gasteiger charge is 2.42. The van der Waals surface area contributed by atoms with Gasteiger partial charge in [0.25, 0.3) is 0 Å². The summed E-state index contributed by atoms with van der Waals surface area (Å²) in [6.45, 7) is 1.04. The molecule has 2 aliphatic rings. The van der Waals surface area contributed by atoms with Gasteiger partial charge in [-0.05, 0) is 40.6 Å². The molecule has 8 heteroatoms. The second-order valence-electron chi connectivity index (χ2n) is 5.33. The molecule has 110 valence electrons. The van der Waals surface area contributed by atoms with Crippen LogP contribution in [0.25, 0.3) is 0 Å². The summed E-state index contributed by atoms with van der Waals surface area (Å²) >= 11 is 2.99. The van der Waals surface area contributed by atoms with Gasteiger partial charge in [-0.15, -0.1) is 0 Å². The van der Waals surface area contributed by atoms with Crippen molar-refractivity contribution in [2.75, 3.05) is 13.1 Å². The van der Waals surface area contributed by atoms with Crippen LogP contribution in [0, 0.1) is 11.8 Å². The lowest BCUT2D eigenvalue weighted by molar-refractivity contribution is 0.0661. The molecule has 1 saturated carbocycles. The minimum atomic E-state index is -3.69. The van der Waals surface area contributed by atoms with Crippen LogP contribution in [-0.4, -0.2) is 36.9 Å². The van der Waals surface area contributed by atoms with Gasteiger partial charge in [0.1, 0.15) is 4.90 Å². The molecule has 1 saturated heterocycles. The molecule has 0 amide bonds. The fourth-order valence-corrected chi connectivity index (χ4v) is 5.62. The minimum absolute atomic E-state index is 0.0491. The minimum Gasteiger partial charge on any atom is -0.475 e. The number of carboxylic acids is 1. The SMILES string of the molecule is O=C(O)c1cc(S(=O)(=O)N2C[C@H]3CCC[C@@H]3C2)c(Br)o1. The van der Waals surface area contributed by atoms with E-state index in [1.54, 1.807) is 0 Å². The van der Waals surface area contributed by atoms with Gasteiger partial charge < -0.3 is 9.52 Å². The highest BCUT2D eigenvalue weighted by Crippen LogP contribution is 2.40. The van der Waals surface area contributed by atoms with E-state index in [1.807, 2.05) is 0 Å². The zero-order chi connectivity index (χ0) is 14.5. The summed E-state index contributed by atoms with van der Waals surface area (Å²) in [5, 5.41) is 8.86. The number of hydrogen-bond donors (Lipinski definition) is 1. The Kier molecular flexibility index (Phi) is 3.42. The third-order valence-corrected chi connectivity index (χ3v) is 6.87. The Labute approximate surface area is 124 Å². The van der Waals surface area contributed by atoms with Gasteiger partial charge in [-0.3, -0.25) is 0 Å². The Balaban J connectivity index is 1.91. The second-order valence-corrected chi connectivity index (χ2v) is 7.95. The number of aromatic carboxylic acids is 1. The van der Waals surface area contributed by atoms with Crippen molar-refractivity contribution in [1.29, 1.82) is 0 Å². The van der Waals surface area contributed by atoms with E-state index in [4.69, 9.17) is 9.52 Å². The van der Waals surface area contributed by atoms with E-state index in [1.165, 1.54) is 10.7 Å². The van der Waals surface area contributed by atoms with E-state index in [2.05, 4.69) is 15.9 Å². The first-order valence-electron chi connectivity index (χ1n) is 6.42. The average molecular weight is 364 g/mol. The first-order valence-corrected chi connectivity index (χ1v) is 8.65. The molecule has 0 radical (unpaired) electrons. The normalized spacial score (nSPS) is 26.9. The maximum Gasteiger partial charge on any atom is 0.371 e. The summed E-state index contributed by atoms with van der Waals surface area (Å²) in [6, 6.07) is 1.07. The number of fused-ring (bicyclic) bond motifs is 1. The summed E-state index contributed by atoms with van der Waals surface area (Å²) in [7, 11) is -3.69. The lowest BCUT2D eigenvalue weighted by Gasteiger charge is -2.16. The van der Waals surface area contributed by atoms with Gasteiger partial charge in [-0.2, -0.15) is 4.31 Å². The molecule has 1 aromatic heterocycles. The van der Waals surface area contributed by atoms with Crippen LogP contribution in [-0.2, 0) is 10.0 Å². The third-order valence-electron chi connectivity index (χ3n) is 4.18. The number of nitrogens with zero attached hydrogens (tertiary/aromatic N) is 1. The molecule has 2 fully saturated rings. The molecule has 2 atom stereocenters. The average Bonchev–Trinajstić information content (AvgIpc) is 3.00. The summed E-state index contributed by atoms with van der Waals surface area (Å²) in [5.74, 6) is -0.788. The summed E-state index contributed by atoms with van der Waals surface area (Å²) in [6.07, 6.45) is 3.31. The molecule has 1 aromatic rings. The van der Waals surface area contributed by atoms with E-state index >= 15 is 0 Å². The molecule has 1 aliphatic heterocycles. The zero-order valence-corrected chi connectivity index (χ0v) is 13.0. The number of hydrogen-bond acceptors (Lipinski definition) is 4.